The zero-order chi connectivity index (χ0) is 13.1. The van der Waals surface area contributed by atoms with Gasteiger partial charge in [-0.25, -0.2) is 0 Å². The van der Waals surface area contributed by atoms with E-state index in [0.29, 0.717) is 0 Å². The highest BCUT2D eigenvalue weighted by Gasteiger charge is 2.19. The van der Waals surface area contributed by atoms with Crippen molar-refractivity contribution in [1.82, 2.24) is 4.98 Å². The van der Waals surface area contributed by atoms with Gasteiger partial charge in [0.05, 0.1) is 0 Å². The lowest BCUT2D eigenvalue weighted by Gasteiger charge is -2.22. The average molecular weight is 373 g/mol. The lowest BCUT2D eigenvalue weighted by Crippen LogP contribution is -2.18. The van der Waals surface area contributed by atoms with Crippen LogP contribution in [0.15, 0.2) is 42.7 Å². The number of pyridine rings is 1. The van der Waals surface area contributed by atoms with Crippen molar-refractivity contribution < 1.29 is 0 Å². The summed E-state index contributed by atoms with van der Waals surface area (Å²) in [5.41, 5.74) is 8.63. The summed E-state index contributed by atoms with van der Waals surface area (Å²) in [5.74, 6) is 0.222. The largest absolute Gasteiger partial charge is 0.323 e. The van der Waals surface area contributed by atoms with Crippen LogP contribution in [0.3, 0.4) is 0 Å². The van der Waals surface area contributed by atoms with Crippen molar-refractivity contribution in [3.8, 4) is 0 Å². The molecule has 2 rings (SSSR count). The van der Waals surface area contributed by atoms with Crippen LogP contribution in [0.1, 0.15) is 30.0 Å². The maximum absolute atomic E-state index is 6.36. The Kier molecular flexibility index (Phi) is 4.59. The highest BCUT2D eigenvalue weighted by atomic mass is 127. The molecule has 0 aliphatic carbocycles. The van der Waals surface area contributed by atoms with Crippen LogP contribution in [0.25, 0.3) is 0 Å². The van der Waals surface area contributed by atoms with E-state index in [1.807, 2.05) is 30.3 Å². The summed E-state index contributed by atoms with van der Waals surface area (Å²) < 4.78 is 1.14. The first-order valence-electron chi connectivity index (χ1n) is 5.70. The van der Waals surface area contributed by atoms with E-state index >= 15 is 0 Å². The quantitative estimate of drug-likeness (QED) is 0.822. The zero-order valence-corrected chi connectivity index (χ0v) is 12.9. The van der Waals surface area contributed by atoms with E-state index < -0.39 is 0 Å². The zero-order valence-electron chi connectivity index (χ0n) is 9.98. The van der Waals surface area contributed by atoms with Gasteiger partial charge in [0, 0.05) is 32.9 Å². The number of halogens is 2. The third kappa shape index (κ3) is 3.02. The highest BCUT2D eigenvalue weighted by Crippen LogP contribution is 2.32. The Hall–Kier alpha value is -0.650. The minimum absolute atomic E-state index is 0.0713. The highest BCUT2D eigenvalue weighted by molar-refractivity contribution is 14.1. The fraction of sp³-hybridized carbons (Fsp3) is 0.214. The van der Waals surface area contributed by atoms with Crippen LogP contribution in [0.5, 0.6) is 0 Å². The molecule has 0 saturated heterocycles. The summed E-state index contributed by atoms with van der Waals surface area (Å²) in [5, 5.41) is 0.725. The van der Waals surface area contributed by atoms with E-state index in [4.69, 9.17) is 17.3 Å². The van der Waals surface area contributed by atoms with E-state index in [0.717, 1.165) is 14.2 Å². The van der Waals surface area contributed by atoms with Crippen LogP contribution in [0.4, 0.5) is 0 Å². The van der Waals surface area contributed by atoms with Crippen molar-refractivity contribution in [1.29, 1.82) is 0 Å². The van der Waals surface area contributed by atoms with Gasteiger partial charge in [0.15, 0.2) is 0 Å². The molecule has 2 atom stereocenters. The molecule has 0 aliphatic heterocycles. The third-order valence-corrected chi connectivity index (χ3v) is 4.31. The third-order valence-electron chi connectivity index (χ3n) is 3.09. The molecule has 2 aromatic rings. The van der Waals surface area contributed by atoms with Gasteiger partial charge in [0.1, 0.15) is 0 Å². The van der Waals surface area contributed by atoms with E-state index in [1.54, 1.807) is 12.4 Å². The maximum Gasteiger partial charge on any atom is 0.0410 e. The standard InChI is InChI=1S/C14H14ClIN2/c1-9(10-4-6-18-7-5-10)14(17)12-8-11(15)2-3-13(12)16/h2-9,14H,17H2,1H3. The minimum atomic E-state index is -0.0713. The number of nitrogens with zero attached hydrogens (tertiary/aromatic N) is 1. The second-order valence-corrected chi connectivity index (χ2v) is 5.86. The number of nitrogens with two attached hydrogens (primary N) is 1. The van der Waals surface area contributed by atoms with Gasteiger partial charge in [-0.05, 0) is 64.0 Å². The van der Waals surface area contributed by atoms with Crippen molar-refractivity contribution in [3.05, 3.63) is 62.4 Å². The first kappa shape index (κ1) is 13.8. The molecule has 2 nitrogen and oxygen atoms in total. The van der Waals surface area contributed by atoms with Crippen molar-refractivity contribution in [2.45, 2.75) is 18.9 Å². The van der Waals surface area contributed by atoms with Gasteiger partial charge in [0.25, 0.3) is 0 Å². The minimum Gasteiger partial charge on any atom is -0.323 e. The Morgan fingerprint density at radius 1 is 1.22 bits per heavy atom. The maximum atomic E-state index is 6.36. The molecule has 2 N–H and O–H groups in total. The molecule has 1 aromatic carbocycles. The number of rotatable bonds is 3. The van der Waals surface area contributed by atoms with Crippen molar-refractivity contribution in [3.63, 3.8) is 0 Å². The smallest absolute Gasteiger partial charge is 0.0410 e. The molecule has 2 unspecified atom stereocenters. The van der Waals surface area contributed by atoms with Crippen LogP contribution in [-0.2, 0) is 0 Å². The van der Waals surface area contributed by atoms with Gasteiger partial charge >= 0.3 is 0 Å². The first-order valence-corrected chi connectivity index (χ1v) is 7.15. The van der Waals surface area contributed by atoms with Gasteiger partial charge in [-0.2, -0.15) is 0 Å². The van der Waals surface area contributed by atoms with Crippen molar-refractivity contribution in [2.75, 3.05) is 0 Å². The Balaban J connectivity index is 2.31. The number of hydrogen-bond acceptors (Lipinski definition) is 2. The molecule has 0 saturated carbocycles. The molecule has 18 heavy (non-hydrogen) atoms. The molecule has 0 radical (unpaired) electrons. The molecular weight excluding hydrogens is 359 g/mol. The molecule has 0 aliphatic rings. The Morgan fingerprint density at radius 2 is 1.89 bits per heavy atom. The average Bonchev–Trinajstić information content (AvgIpc) is 2.41. The lowest BCUT2D eigenvalue weighted by atomic mass is 9.90. The van der Waals surface area contributed by atoms with Gasteiger partial charge < -0.3 is 5.73 Å². The van der Waals surface area contributed by atoms with Crippen LogP contribution in [0, 0.1) is 3.57 Å². The van der Waals surface area contributed by atoms with Gasteiger partial charge in [0.2, 0.25) is 0 Å². The molecular formula is C14H14ClIN2. The molecule has 0 amide bonds. The summed E-state index contributed by atoms with van der Waals surface area (Å²) in [6, 6.07) is 9.77. The topological polar surface area (TPSA) is 38.9 Å². The van der Waals surface area contributed by atoms with Crippen LogP contribution < -0.4 is 5.73 Å². The second kappa shape index (κ2) is 5.99. The molecule has 0 bridgehead atoms. The summed E-state index contributed by atoms with van der Waals surface area (Å²) in [6.07, 6.45) is 3.59. The van der Waals surface area contributed by atoms with Crippen LogP contribution in [0.2, 0.25) is 5.02 Å². The number of hydrogen-bond donors (Lipinski definition) is 1. The predicted molar refractivity (Wildman–Crippen MR) is 83.7 cm³/mol. The second-order valence-electron chi connectivity index (χ2n) is 4.26. The van der Waals surface area contributed by atoms with Gasteiger partial charge in [-0.1, -0.05) is 18.5 Å². The fourth-order valence-electron chi connectivity index (χ4n) is 1.91. The Bertz CT molecular complexity index is 531. The number of aromatic nitrogens is 1. The normalized spacial score (nSPS) is 14.2. The molecule has 94 valence electrons. The van der Waals surface area contributed by atoms with Gasteiger partial charge in [-0.3, -0.25) is 4.98 Å². The van der Waals surface area contributed by atoms with Crippen molar-refractivity contribution >= 4 is 34.2 Å². The fourth-order valence-corrected chi connectivity index (χ4v) is 2.79. The molecule has 0 fully saturated rings. The molecule has 0 spiro atoms. The molecule has 1 heterocycles. The van der Waals surface area contributed by atoms with E-state index in [9.17, 15) is 0 Å². The van der Waals surface area contributed by atoms with Gasteiger partial charge in [-0.15, -0.1) is 0 Å². The number of benzene rings is 1. The summed E-state index contributed by atoms with van der Waals surface area (Å²) in [6.45, 7) is 2.12. The van der Waals surface area contributed by atoms with Crippen LogP contribution >= 0.6 is 34.2 Å². The summed E-state index contributed by atoms with van der Waals surface area (Å²) in [7, 11) is 0. The predicted octanol–water partition coefficient (Wildman–Crippen LogP) is 4.14. The first-order chi connectivity index (χ1) is 8.59. The Morgan fingerprint density at radius 3 is 2.56 bits per heavy atom. The molecule has 4 heteroatoms. The Labute approximate surface area is 126 Å². The van der Waals surface area contributed by atoms with E-state index in [-0.39, 0.29) is 12.0 Å². The van der Waals surface area contributed by atoms with Crippen molar-refractivity contribution in [2.24, 2.45) is 5.73 Å². The van der Waals surface area contributed by atoms with Crippen LogP contribution in [-0.4, -0.2) is 4.98 Å². The lowest BCUT2D eigenvalue weighted by molar-refractivity contribution is 0.595. The SMILES string of the molecule is CC(c1ccncc1)C(N)c1cc(Cl)ccc1I. The molecule has 1 aromatic heterocycles. The summed E-state index contributed by atoms with van der Waals surface area (Å²) in [4.78, 5) is 4.03. The van der Waals surface area contributed by atoms with E-state index in [2.05, 4.69) is 34.5 Å². The van der Waals surface area contributed by atoms with E-state index in [1.165, 1.54) is 5.56 Å². The summed E-state index contributed by atoms with van der Waals surface area (Å²) >= 11 is 8.34. The monoisotopic (exact) mass is 372 g/mol.